The van der Waals surface area contributed by atoms with Crippen LogP contribution in [0.5, 0.6) is 0 Å². The van der Waals surface area contributed by atoms with Crippen LogP contribution >= 0.6 is 0 Å². The predicted octanol–water partition coefficient (Wildman–Crippen LogP) is 1.79. The van der Waals surface area contributed by atoms with Crippen molar-refractivity contribution < 1.29 is 8.42 Å². The summed E-state index contributed by atoms with van der Waals surface area (Å²) in [5, 5.41) is 8.71. The van der Waals surface area contributed by atoms with Crippen molar-refractivity contribution in [2.24, 2.45) is 5.92 Å². The zero-order chi connectivity index (χ0) is 12.4. The molecule has 1 aliphatic rings. The molecule has 92 valence electrons. The number of hydrogen-bond acceptors (Lipinski definition) is 3. The van der Waals surface area contributed by atoms with Gasteiger partial charge in [-0.15, -0.1) is 0 Å². The molecule has 0 unspecified atom stereocenters. The summed E-state index contributed by atoms with van der Waals surface area (Å²) >= 11 is 0. The van der Waals surface area contributed by atoms with Gasteiger partial charge in [-0.25, -0.2) is 8.42 Å². The summed E-state index contributed by atoms with van der Waals surface area (Å²) < 4.78 is 26.2. The van der Waals surface area contributed by atoms with Crippen molar-refractivity contribution in [3.8, 4) is 6.07 Å². The van der Waals surface area contributed by atoms with Crippen LogP contribution in [0.1, 0.15) is 46.5 Å². The lowest BCUT2D eigenvalue weighted by Gasteiger charge is -2.34. The van der Waals surface area contributed by atoms with Crippen LogP contribution in [0.4, 0.5) is 0 Å². The minimum Gasteiger partial charge on any atom is -0.212 e. The fraction of sp³-hybridized carbons (Fsp3) is 0.909. The van der Waals surface area contributed by atoms with E-state index >= 15 is 0 Å². The van der Waals surface area contributed by atoms with E-state index in [9.17, 15) is 13.7 Å². The van der Waals surface area contributed by atoms with E-state index in [4.69, 9.17) is 0 Å². The van der Waals surface area contributed by atoms with E-state index in [0.717, 1.165) is 12.8 Å². The van der Waals surface area contributed by atoms with E-state index < -0.39 is 20.8 Å². The second-order valence-electron chi connectivity index (χ2n) is 5.07. The summed E-state index contributed by atoms with van der Waals surface area (Å²) in [5.74, 6) is 0.588. The third-order valence-corrected chi connectivity index (χ3v) is 5.22. The molecule has 0 aliphatic heterocycles. The monoisotopic (exact) mass is 244 g/mol. The molecule has 0 radical (unpaired) electrons. The van der Waals surface area contributed by atoms with Crippen LogP contribution in [-0.2, 0) is 10.0 Å². The summed E-state index contributed by atoms with van der Waals surface area (Å²) in [4.78, 5) is 0. The third-order valence-electron chi connectivity index (χ3n) is 3.30. The number of nitrogens with one attached hydrogen (secondary N) is 1. The van der Waals surface area contributed by atoms with Gasteiger partial charge in [-0.2, -0.15) is 9.98 Å². The third kappa shape index (κ3) is 2.96. The molecule has 0 amide bonds. The second kappa shape index (κ2) is 4.72. The Labute approximate surface area is 98.1 Å². The number of sulfonamides is 1. The maximum Gasteiger partial charge on any atom is 0.215 e. The quantitative estimate of drug-likeness (QED) is 0.822. The lowest BCUT2D eigenvalue weighted by atomic mass is 9.79. The smallest absolute Gasteiger partial charge is 0.212 e. The van der Waals surface area contributed by atoms with Crippen molar-refractivity contribution in [1.82, 2.24) is 4.72 Å². The second-order valence-corrected chi connectivity index (χ2v) is 7.31. The Balaban J connectivity index is 2.81. The molecule has 0 aromatic rings. The molecule has 1 rings (SSSR count). The van der Waals surface area contributed by atoms with Crippen LogP contribution in [0.3, 0.4) is 0 Å². The van der Waals surface area contributed by atoms with Gasteiger partial charge in [-0.05, 0) is 45.4 Å². The Morgan fingerprint density at radius 2 is 1.88 bits per heavy atom. The molecule has 0 bridgehead atoms. The highest BCUT2D eigenvalue weighted by atomic mass is 32.2. The minimum atomic E-state index is -3.36. The molecular weight excluding hydrogens is 224 g/mol. The molecule has 0 heterocycles. The van der Waals surface area contributed by atoms with Crippen LogP contribution in [0.25, 0.3) is 0 Å². The molecule has 1 aliphatic carbocycles. The summed E-state index contributed by atoms with van der Waals surface area (Å²) in [7, 11) is -3.36. The molecule has 5 heteroatoms. The van der Waals surface area contributed by atoms with Crippen LogP contribution in [0.2, 0.25) is 0 Å². The summed E-state index contributed by atoms with van der Waals surface area (Å²) in [6.45, 7) is 5.38. The number of nitriles is 1. The highest BCUT2D eigenvalue weighted by Crippen LogP contribution is 2.32. The zero-order valence-electron chi connectivity index (χ0n) is 10.2. The van der Waals surface area contributed by atoms with Gasteiger partial charge < -0.3 is 0 Å². The van der Waals surface area contributed by atoms with Crippen molar-refractivity contribution in [1.29, 1.82) is 5.26 Å². The average Bonchev–Trinajstić information content (AvgIpc) is 2.21. The van der Waals surface area contributed by atoms with E-state index in [1.807, 2.05) is 0 Å². The molecule has 4 nitrogen and oxygen atoms in total. The molecule has 0 aromatic heterocycles. The van der Waals surface area contributed by atoms with Crippen LogP contribution in [0.15, 0.2) is 0 Å². The van der Waals surface area contributed by atoms with Gasteiger partial charge in [0.15, 0.2) is 0 Å². The molecule has 16 heavy (non-hydrogen) atoms. The molecule has 1 fully saturated rings. The van der Waals surface area contributed by atoms with Crippen molar-refractivity contribution in [3.63, 3.8) is 0 Å². The number of nitrogens with zero attached hydrogens (tertiary/aromatic N) is 1. The van der Waals surface area contributed by atoms with Gasteiger partial charge in [0.05, 0.1) is 11.3 Å². The van der Waals surface area contributed by atoms with Crippen molar-refractivity contribution in [2.45, 2.75) is 57.2 Å². The highest BCUT2D eigenvalue weighted by Gasteiger charge is 2.38. The van der Waals surface area contributed by atoms with Crippen LogP contribution in [0, 0.1) is 17.2 Å². The van der Waals surface area contributed by atoms with E-state index in [1.54, 1.807) is 13.8 Å². The van der Waals surface area contributed by atoms with Crippen molar-refractivity contribution in [3.05, 3.63) is 0 Å². The SMILES string of the molecule is CC1CCC(C#N)(NS(=O)(=O)C(C)C)CC1. The first-order chi connectivity index (χ1) is 7.31. The van der Waals surface area contributed by atoms with E-state index in [-0.39, 0.29) is 0 Å². The van der Waals surface area contributed by atoms with Gasteiger partial charge in [0.25, 0.3) is 0 Å². The van der Waals surface area contributed by atoms with E-state index in [2.05, 4.69) is 17.7 Å². The van der Waals surface area contributed by atoms with Gasteiger partial charge in [-0.1, -0.05) is 6.92 Å². The Morgan fingerprint density at radius 1 is 1.38 bits per heavy atom. The van der Waals surface area contributed by atoms with Gasteiger partial charge in [0, 0.05) is 0 Å². The standard InChI is InChI=1S/C11H20N2O2S/c1-9(2)16(14,15)13-11(8-12)6-4-10(3)5-7-11/h9-10,13H,4-7H2,1-3H3. The highest BCUT2D eigenvalue weighted by molar-refractivity contribution is 7.90. The normalized spacial score (nSPS) is 31.3. The van der Waals surface area contributed by atoms with Crippen LogP contribution in [-0.4, -0.2) is 19.2 Å². The largest absolute Gasteiger partial charge is 0.215 e. The fourth-order valence-corrected chi connectivity index (χ4v) is 2.91. The zero-order valence-corrected chi connectivity index (χ0v) is 11.0. The maximum absolute atomic E-state index is 11.8. The Kier molecular flexibility index (Phi) is 3.97. The van der Waals surface area contributed by atoms with E-state index in [0.29, 0.717) is 18.8 Å². The van der Waals surface area contributed by atoms with Gasteiger partial charge in [-0.3, -0.25) is 0 Å². The summed E-state index contributed by atoms with van der Waals surface area (Å²) in [6, 6.07) is 2.16. The molecule has 1 saturated carbocycles. The Morgan fingerprint density at radius 3 is 2.25 bits per heavy atom. The molecule has 0 aromatic carbocycles. The minimum absolute atomic E-state index is 0.489. The number of rotatable bonds is 3. The Bertz CT molecular complexity index is 373. The van der Waals surface area contributed by atoms with Crippen molar-refractivity contribution >= 4 is 10.0 Å². The van der Waals surface area contributed by atoms with Gasteiger partial charge in [0.2, 0.25) is 10.0 Å². The Hall–Kier alpha value is -0.600. The molecule has 0 spiro atoms. The maximum atomic E-state index is 11.8. The topological polar surface area (TPSA) is 70.0 Å². The molecular formula is C11H20N2O2S. The average molecular weight is 244 g/mol. The molecule has 1 N–H and O–H groups in total. The first kappa shape index (κ1) is 13.5. The van der Waals surface area contributed by atoms with Crippen molar-refractivity contribution in [2.75, 3.05) is 0 Å². The first-order valence-electron chi connectivity index (χ1n) is 5.75. The summed E-state index contributed by atoms with van der Waals surface area (Å²) in [6.07, 6.45) is 3.07. The predicted molar refractivity (Wildman–Crippen MR) is 63.2 cm³/mol. The summed E-state index contributed by atoms with van der Waals surface area (Å²) in [5.41, 5.74) is -0.865. The van der Waals surface area contributed by atoms with Gasteiger partial charge in [0.1, 0.15) is 5.54 Å². The first-order valence-corrected chi connectivity index (χ1v) is 7.30. The molecule has 0 atom stereocenters. The van der Waals surface area contributed by atoms with E-state index in [1.165, 1.54) is 0 Å². The van der Waals surface area contributed by atoms with Gasteiger partial charge >= 0.3 is 0 Å². The van der Waals surface area contributed by atoms with Crippen LogP contribution < -0.4 is 4.72 Å². The lowest BCUT2D eigenvalue weighted by Crippen LogP contribution is -2.51. The molecule has 0 saturated heterocycles. The lowest BCUT2D eigenvalue weighted by molar-refractivity contribution is 0.277. The fourth-order valence-electron chi connectivity index (χ4n) is 1.88. The number of hydrogen-bond donors (Lipinski definition) is 1.